The summed E-state index contributed by atoms with van der Waals surface area (Å²) < 4.78 is 0. The molecule has 21 heavy (non-hydrogen) atoms. The number of nitrogens with one attached hydrogen (secondary N) is 1. The Kier molecular flexibility index (Phi) is 4.52. The Morgan fingerprint density at radius 1 is 1.52 bits per heavy atom. The number of hydrogen-bond donors (Lipinski definition) is 2. The van der Waals surface area contributed by atoms with Crippen LogP contribution in [0.5, 0.6) is 0 Å². The van der Waals surface area contributed by atoms with Crippen LogP contribution in [0, 0.1) is 5.41 Å². The normalized spacial score (nSPS) is 21.4. The number of rotatable bonds is 3. The van der Waals surface area contributed by atoms with E-state index in [1.165, 1.54) is 0 Å². The predicted molar refractivity (Wildman–Crippen MR) is 85.3 cm³/mol. The van der Waals surface area contributed by atoms with Crippen molar-refractivity contribution in [2.75, 3.05) is 18.4 Å². The molecule has 0 spiro atoms. The van der Waals surface area contributed by atoms with Gasteiger partial charge >= 0.3 is 0 Å². The number of anilines is 1. The quantitative estimate of drug-likeness (QED) is 0.894. The molecule has 0 aromatic carbocycles. The van der Waals surface area contributed by atoms with Crippen molar-refractivity contribution in [2.45, 2.75) is 46.2 Å². The van der Waals surface area contributed by atoms with Crippen LogP contribution >= 0.6 is 0 Å². The molecule has 0 saturated carbocycles. The third-order valence-corrected chi connectivity index (χ3v) is 4.06. The summed E-state index contributed by atoms with van der Waals surface area (Å²) >= 11 is 0. The molecule has 3 N–H and O–H groups in total. The van der Waals surface area contributed by atoms with Gasteiger partial charge in [-0.05, 0) is 37.8 Å². The summed E-state index contributed by atoms with van der Waals surface area (Å²) in [4.78, 5) is 19.0. The molecule has 1 fully saturated rings. The number of pyridine rings is 1. The van der Waals surface area contributed by atoms with E-state index in [0.29, 0.717) is 24.5 Å². The Balaban J connectivity index is 2.21. The molecule has 0 bridgehead atoms. The zero-order valence-corrected chi connectivity index (χ0v) is 13.4. The lowest BCUT2D eigenvalue weighted by Gasteiger charge is -2.42. The van der Waals surface area contributed by atoms with Gasteiger partial charge in [-0.25, -0.2) is 4.98 Å². The van der Waals surface area contributed by atoms with Gasteiger partial charge in [0.2, 0.25) is 0 Å². The lowest BCUT2D eigenvalue weighted by Crippen LogP contribution is -2.54. The largest absolute Gasteiger partial charge is 0.367 e. The molecule has 1 atom stereocenters. The summed E-state index contributed by atoms with van der Waals surface area (Å²) in [7, 11) is 0. The predicted octanol–water partition coefficient (Wildman–Crippen LogP) is 2.10. The van der Waals surface area contributed by atoms with E-state index in [1.807, 2.05) is 24.8 Å². The number of piperidine rings is 1. The highest BCUT2D eigenvalue weighted by Gasteiger charge is 2.36. The summed E-state index contributed by atoms with van der Waals surface area (Å²) in [6, 6.07) is 4.02. The van der Waals surface area contributed by atoms with E-state index in [1.54, 1.807) is 12.3 Å². The second-order valence-corrected chi connectivity index (χ2v) is 6.81. The third-order valence-electron chi connectivity index (χ3n) is 4.06. The van der Waals surface area contributed by atoms with E-state index in [0.717, 1.165) is 6.42 Å². The molecule has 1 aliphatic rings. The molecular weight excluding hydrogens is 264 g/mol. The van der Waals surface area contributed by atoms with Gasteiger partial charge in [0, 0.05) is 31.4 Å². The average molecular weight is 290 g/mol. The summed E-state index contributed by atoms with van der Waals surface area (Å²) in [6.45, 7) is 9.70. The fraction of sp³-hybridized carbons (Fsp3) is 0.625. The van der Waals surface area contributed by atoms with Crippen LogP contribution in [0.2, 0.25) is 0 Å². The number of nitrogens with two attached hydrogens (primary N) is 1. The fourth-order valence-corrected chi connectivity index (χ4v) is 2.68. The van der Waals surface area contributed by atoms with Gasteiger partial charge in [0.05, 0.1) is 5.56 Å². The molecule has 1 unspecified atom stereocenters. The number of hydrogen-bond acceptors (Lipinski definition) is 4. The molecule has 1 aromatic rings. The summed E-state index contributed by atoms with van der Waals surface area (Å²) in [5, 5.41) is 3.24. The monoisotopic (exact) mass is 290 g/mol. The van der Waals surface area contributed by atoms with Crippen molar-refractivity contribution in [3.8, 4) is 0 Å². The first-order chi connectivity index (χ1) is 9.81. The number of carbonyl (C=O) groups excluding carboxylic acids is 1. The molecule has 5 heteroatoms. The summed E-state index contributed by atoms with van der Waals surface area (Å²) in [5.41, 5.74) is 6.73. The van der Waals surface area contributed by atoms with E-state index in [-0.39, 0.29) is 23.4 Å². The Hall–Kier alpha value is -1.62. The molecule has 1 aliphatic heterocycles. The number of likely N-dealkylation sites (tertiary alicyclic amines) is 1. The van der Waals surface area contributed by atoms with Crippen LogP contribution in [-0.4, -0.2) is 41.0 Å². The first-order valence-corrected chi connectivity index (χ1v) is 7.57. The number of aromatic nitrogens is 1. The lowest BCUT2D eigenvalue weighted by atomic mass is 9.79. The highest BCUT2D eigenvalue weighted by molar-refractivity contribution is 5.98. The van der Waals surface area contributed by atoms with Gasteiger partial charge in [-0.3, -0.25) is 4.79 Å². The fourth-order valence-electron chi connectivity index (χ4n) is 2.68. The number of nitrogens with zero attached hydrogens (tertiary/aromatic N) is 2. The van der Waals surface area contributed by atoms with Gasteiger partial charge in [-0.2, -0.15) is 0 Å². The molecule has 1 aromatic heterocycles. The second-order valence-electron chi connectivity index (χ2n) is 6.81. The van der Waals surface area contributed by atoms with Crippen LogP contribution in [0.4, 0.5) is 5.82 Å². The first kappa shape index (κ1) is 15.8. The lowest BCUT2D eigenvalue weighted by molar-refractivity contribution is 0.0533. The third kappa shape index (κ3) is 3.53. The molecule has 5 nitrogen and oxygen atoms in total. The van der Waals surface area contributed by atoms with Crippen molar-refractivity contribution in [2.24, 2.45) is 11.1 Å². The van der Waals surface area contributed by atoms with E-state index >= 15 is 0 Å². The standard InChI is InChI=1S/C16H26N4O/c1-11(2)19-14-12(6-5-8-18-14)15(21)20-9-7-13(17)16(3,4)10-20/h5-6,8,11,13H,7,9-10,17H2,1-4H3,(H,18,19). The van der Waals surface area contributed by atoms with Crippen molar-refractivity contribution in [3.05, 3.63) is 23.9 Å². The Morgan fingerprint density at radius 3 is 2.86 bits per heavy atom. The minimum absolute atomic E-state index is 0.0335. The van der Waals surface area contributed by atoms with Crippen LogP contribution in [-0.2, 0) is 0 Å². The second kappa shape index (κ2) is 6.02. The van der Waals surface area contributed by atoms with Crippen LogP contribution in [0.1, 0.15) is 44.5 Å². The van der Waals surface area contributed by atoms with Crippen molar-refractivity contribution in [1.29, 1.82) is 0 Å². The highest BCUT2D eigenvalue weighted by atomic mass is 16.2. The van der Waals surface area contributed by atoms with Crippen LogP contribution in [0.3, 0.4) is 0 Å². The van der Waals surface area contributed by atoms with E-state index in [4.69, 9.17) is 5.73 Å². The number of carbonyl (C=O) groups is 1. The Bertz CT molecular complexity index is 513. The Labute approximate surface area is 126 Å². The van der Waals surface area contributed by atoms with Gasteiger partial charge in [0.25, 0.3) is 5.91 Å². The van der Waals surface area contributed by atoms with E-state index in [9.17, 15) is 4.79 Å². The average Bonchev–Trinajstić information content (AvgIpc) is 2.41. The maximum absolute atomic E-state index is 12.8. The maximum Gasteiger partial charge on any atom is 0.257 e. The topological polar surface area (TPSA) is 71.2 Å². The number of amides is 1. The van der Waals surface area contributed by atoms with Crippen molar-refractivity contribution in [1.82, 2.24) is 9.88 Å². The van der Waals surface area contributed by atoms with Crippen LogP contribution in [0.25, 0.3) is 0 Å². The zero-order valence-electron chi connectivity index (χ0n) is 13.4. The highest BCUT2D eigenvalue weighted by Crippen LogP contribution is 2.29. The van der Waals surface area contributed by atoms with Gasteiger partial charge in [0.15, 0.2) is 0 Å². The maximum atomic E-state index is 12.8. The van der Waals surface area contributed by atoms with Crippen molar-refractivity contribution < 1.29 is 4.79 Å². The van der Waals surface area contributed by atoms with Crippen LogP contribution in [0.15, 0.2) is 18.3 Å². The van der Waals surface area contributed by atoms with E-state index in [2.05, 4.69) is 24.1 Å². The summed E-state index contributed by atoms with van der Waals surface area (Å²) in [6.07, 6.45) is 2.55. The van der Waals surface area contributed by atoms with Gasteiger partial charge < -0.3 is 16.0 Å². The summed E-state index contributed by atoms with van der Waals surface area (Å²) in [5.74, 6) is 0.691. The minimum atomic E-state index is -0.0538. The molecule has 2 heterocycles. The van der Waals surface area contributed by atoms with Gasteiger partial charge in [0.1, 0.15) is 5.82 Å². The van der Waals surface area contributed by atoms with Crippen LogP contribution < -0.4 is 11.1 Å². The zero-order chi connectivity index (χ0) is 15.6. The smallest absolute Gasteiger partial charge is 0.257 e. The van der Waals surface area contributed by atoms with Gasteiger partial charge in [-0.15, -0.1) is 0 Å². The molecular formula is C16H26N4O. The molecule has 1 saturated heterocycles. The molecule has 0 aliphatic carbocycles. The minimum Gasteiger partial charge on any atom is -0.367 e. The van der Waals surface area contributed by atoms with Gasteiger partial charge in [-0.1, -0.05) is 13.8 Å². The molecule has 1 amide bonds. The SMILES string of the molecule is CC(C)Nc1ncccc1C(=O)N1CCC(N)C(C)(C)C1. The molecule has 0 radical (unpaired) electrons. The first-order valence-electron chi connectivity index (χ1n) is 7.57. The Morgan fingerprint density at radius 2 is 2.24 bits per heavy atom. The molecule has 116 valence electrons. The van der Waals surface area contributed by atoms with Crippen molar-refractivity contribution in [3.63, 3.8) is 0 Å². The van der Waals surface area contributed by atoms with Crippen molar-refractivity contribution >= 4 is 11.7 Å². The molecule has 2 rings (SSSR count). The van der Waals surface area contributed by atoms with E-state index < -0.39 is 0 Å².